The Morgan fingerprint density at radius 3 is 2.39 bits per heavy atom. The Balaban J connectivity index is 2.22. The summed E-state index contributed by atoms with van der Waals surface area (Å²) in [5, 5.41) is 3.10. The average molecular weight is 385 g/mol. The van der Waals surface area contributed by atoms with E-state index in [0.29, 0.717) is 5.69 Å². The van der Waals surface area contributed by atoms with E-state index in [-0.39, 0.29) is 13.1 Å². The Morgan fingerprint density at radius 2 is 1.82 bits per heavy atom. The molecule has 0 saturated carbocycles. The number of aromatic nitrogens is 1. The van der Waals surface area contributed by atoms with Crippen LogP contribution in [0.4, 0.5) is 10.5 Å². The first-order valence-electron chi connectivity index (χ1n) is 8.98. The molecule has 0 spiro atoms. The lowest BCUT2D eigenvalue weighted by Gasteiger charge is -2.30. The monoisotopic (exact) mass is 385 g/mol. The van der Waals surface area contributed by atoms with Crippen molar-refractivity contribution < 1.29 is 14.3 Å². The second-order valence-corrected chi connectivity index (χ2v) is 7.25. The molecule has 8 heteroatoms. The smallest absolute Gasteiger partial charge is 0.410 e. The van der Waals surface area contributed by atoms with Gasteiger partial charge in [0.25, 0.3) is 5.91 Å². The zero-order chi connectivity index (χ0) is 20.6. The van der Waals surface area contributed by atoms with E-state index in [4.69, 9.17) is 10.6 Å². The van der Waals surface area contributed by atoms with E-state index in [1.165, 1.54) is 4.90 Å². The summed E-state index contributed by atoms with van der Waals surface area (Å²) in [6, 6.07) is 13.9. The number of benzene rings is 1. The number of hydrazine groups is 1. The van der Waals surface area contributed by atoms with Gasteiger partial charge in [-0.25, -0.2) is 10.6 Å². The lowest BCUT2D eigenvalue weighted by Crippen LogP contribution is -2.51. The summed E-state index contributed by atoms with van der Waals surface area (Å²) in [5.74, 6) is 4.90. The molecule has 2 aromatic rings. The number of rotatable bonds is 7. The van der Waals surface area contributed by atoms with Gasteiger partial charge in [-0.1, -0.05) is 24.3 Å². The molecule has 0 fully saturated rings. The lowest BCUT2D eigenvalue weighted by molar-refractivity contribution is -0.122. The largest absolute Gasteiger partial charge is 0.444 e. The van der Waals surface area contributed by atoms with Crippen LogP contribution >= 0.6 is 0 Å². The number of carbonyl (C=O) groups is 2. The quantitative estimate of drug-likeness (QED) is 0.383. The van der Waals surface area contributed by atoms with Crippen LogP contribution in [-0.2, 0) is 16.1 Å². The summed E-state index contributed by atoms with van der Waals surface area (Å²) in [5.41, 5.74) is 2.89. The zero-order valence-corrected chi connectivity index (χ0v) is 16.4. The summed E-state index contributed by atoms with van der Waals surface area (Å²) < 4.78 is 5.51. The van der Waals surface area contributed by atoms with Crippen LogP contribution in [0.2, 0.25) is 0 Å². The third-order valence-electron chi connectivity index (χ3n) is 3.71. The van der Waals surface area contributed by atoms with Gasteiger partial charge < -0.3 is 10.1 Å². The van der Waals surface area contributed by atoms with E-state index in [1.807, 2.05) is 36.4 Å². The van der Waals surface area contributed by atoms with Crippen molar-refractivity contribution in [3.05, 3.63) is 60.4 Å². The van der Waals surface area contributed by atoms with Gasteiger partial charge in [0.1, 0.15) is 11.6 Å². The highest BCUT2D eigenvalue weighted by molar-refractivity contribution is 5.85. The van der Waals surface area contributed by atoms with E-state index >= 15 is 0 Å². The Morgan fingerprint density at radius 1 is 1.14 bits per heavy atom. The van der Waals surface area contributed by atoms with Gasteiger partial charge in [0.15, 0.2) is 0 Å². The molecule has 1 atom stereocenters. The van der Waals surface area contributed by atoms with E-state index in [2.05, 4.69) is 15.7 Å². The van der Waals surface area contributed by atoms with Crippen molar-refractivity contribution in [2.24, 2.45) is 5.84 Å². The summed E-state index contributed by atoms with van der Waals surface area (Å²) in [4.78, 5) is 30.8. The van der Waals surface area contributed by atoms with Crippen molar-refractivity contribution >= 4 is 17.7 Å². The van der Waals surface area contributed by atoms with Crippen LogP contribution in [0.15, 0.2) is 54.7 Å². The topological polar surface area (TPSA) is 110 Å². The van der Waals surface area contributed by atoms with E-state index < -0.39 is 23.6 Å². The predicted octanol–water partition coefficient (Wildman–Crippen LogP) is 2.29. The number of nitrogens with zero attached hydrogens (tertiary/aromatic N) is 2. The van der Waals surface area contributed by atoms with Gasteiger partial charge >= 0.3 is 6.09 Å². The number of para-hydroxylation sites is 1. The van der Waals surface area contributed by atoms with Crippen molar-refractivity contribution in [2.75, 3.05) is 11.9 Å². The fourth-order valence-electron chi connectivity index (χ4n) is 2.47. The molecule has 0 bridgehead atoms. The number of nitrogens with one attached hydrogen (secondary N) is 2. The summed E-state index contributed by atoms with van der Waals surface area (Å²) in [6.45, 7) is 5.60. The van der Waals surface area contributed by atoms with E-state index in [1.54, 1.807) is 39.1 Å². The highest BCUT2D eigenvalue weighted by atomic mass is 16.6. The van der Waals surface area contributed by atoms with Crippen LogP contribution in [0, 0.1) is 0 Å². The van der Waals surface area contributed by atoms with Gasteiger partial charge in [0.2, 0.25) is 0 Å². The zero-order valence-electron chi connectivity index (χ0n) is 16.4. The number of hydrogen-bond acceptors (Lipinski definition) is 6. The number of ether oxygens (including phenoxy) is 1. The Kier molecular flexibility index (Phi) is 7.34. The molecule has 0 saturated heterocycles. The van der Waals surface area contributed by atoms with Gasteiger partial charge in [0, 0.05) is 11.9 Å². The van der Waals surface area contributed by atoms with Crippen molar-refractivity contribution in [1.29, 1.82) is 0 Å². The fraction of sp³-hybridized carbons (Fsp3) is 0.350. The molecular weight excluding hydrogens is 358 g/mol. The maximum atomic E-state index is 12.7. The maximum Gasteiger partial charge on any atom is 0.410 e. The molecule has 2 rings (SSSR count). The van der Waals surface area contributed by atoms with Crippen LogP contribution in [0.25, 0.3) is 0 Å². The van der Waals surface area contributed by atoms with E-state index in [0.717, 1.165) is 5.69 Å². The molecule has 28 heavy (non-hydrogen) atoms. The average Bonchev–Trinajstić information content (AvgIpc) is 2.66. The highest BCUT2D eigenvalue weighted by Crippen LogP contribution is 2.14. The Bertz CT molecular complexity index is 762. The molecule has 0 unspecified atom stereocenters. The normalized spacial score (nSPS) is 12.0. The van der Waals surface area contributed by atoms with Crippen molar-refractivity contribution in [1.82, 2.24) is 15.3 Å². The van der Waals surface area contributed by atoms with Crippen LogP contribution in [0.1, 0.15) is 26.5 Å². The molecule has 1 aromatic heterocycles. The number of anilines is 1. The molecule has 0 aliphatic heterocycles. The van der Waals surface area contributed by atoms with Crippen LogP contribution in [0.3, 0.4) is 0 Å². The molecule has 0 radical (unpaired) electrons. The number of amides is 2. The number of nitrogens with two attached hydrogens (primary N) is 1. The number of carbonyl (C=O) groups excluding carboxylic acids is 2. The van der Waals surface area contributed by atoms with Crippen molar-refractivity contribution in [3.8, 4) is 0 Å². The van der Waals surface area contributed by atoms with Crippen molar-refractivity contribution in [2.45, 2.75) is 39.0 Å². The number of pyridine rings is 1. The summed E-state index contributed by atoms with van der Waals surface area (Å²) in [7, 11) is 0. The Hall–Kier alpha value is -3.13. The van der Waals surface area contributed by atoms with Gasteiger partial charge in [-0.15, -0.1) is 0 Å². The molecule has 2 amide bonds. The SMILES string of the molecule is CC(C)(C)OC(=O)N(Cc1ccccn1)C[C@H](Nc1ccccc1)C(=O)NN. The molecule has 0 aliphatic rings. The van der Waals surface area contributed by atoms with Crippen LogP contribution < -0.4 is 16.6 Å². The van der Waals surface area contributed by atoms with E-state index in [9.17, 15) is 9.59 Å². The minimum atomic E-state index is -0.774. The minimum Gasteiger partial charge on any atom is -0.444 e. The molecule has 150 valence electrons. The first-order valence-corrected chi connectivity index (χ1v) is 8.98. The van der Waals surface area contributed by atoms with Gasteiger partial charge in [-0.05, 0) is 45.0 Å². The van der Waals surface area contributed by atoms with Gasteiger partial charge in [-0.2, -0.15) is 0 Å². The van der Waals surface area contributed by atoms with Gasteiger partial charge in [0.05, 0.1) is 18.8 Å². The fourth-order valence-corrected chi connectivity index (χ4v) is 2.47. The molecule has 8 nitrogen and oxygen atoms in total. The Labute approximate surface area is 165 Å². The van der Waals surface area contributed by atoms with Crippen molar-refractivity contribution in [3.63, 3.8) is 0 Å². The number of hydrogen-bond donors (Lipinski definition) is 3. The third kappa shape index (κ3) is 6.88. The summed E-state index contributed by atoms with van der Waals surface area (Å²) in [6.07, 6.45) is 1.11. The highest BCUT2D eigenvalue weighted by Gasteiger charge is 2.28. The summed E-state index contributed by atoms with van der Waals surface area (Å²) >= 11 is 0. The molecule has 1 heterocycles. The second-order valence-electron chi connectivity index (χ2n) is 7.25. The second kappa shape index (κ2) is 9.70. The maximum absolute atomic E-state index is 12.7. The van der Waals surface area contributed by atoms with Gasteiger partial charge in [-0.3, -0.25) is 20.1 Å². The third-order valence-corrected chi connectivity index (χ3v) is 3.71. The molecule has 0 aliphatic carbocycles. The standard InChI is InChI=1S/C20H27N5O3/c1-20(2,3)28-19(27)25(13-16-11-7-8-12-22-16)14-17(18(26)24-21)23-15-9-5-4-6-10-15/h4-12,17,23H,13-14,21H2,1-3H3,(H,24,26)/t17-/m0/s1. The molecule has 4 N–H and O–H groups in total. The van der Waals surface area contributed by atoms with Crippen LogP contribution in [0.5, 0.6) is 0 Å². The lowest BCUT2D eigenvalue weighted by atomic mass is 10.2. The predicted molar refractivity (Wildman–Crippen MR) is 107 cm³/mol. The first-order chi connectivity index (χ1) is 13.3. The molecular formula is C20H27N5O3. The molecule has 1 aromatic carbocycles. The van der Waals surface area contributed by atoms with Crippen LogP contribution in [-0.4, -0.2) is 40.1 Å². The minimum absolute atomic E-state index is 0.0451. The first kappa shape index (κ1) is 21.2.